The Morgan fingerprint density at radius 1 is 1.43 bits per heavy atom. The van der Waals surface area contributed by atoms with Crippen LogP contribution in [-0.4, -0.2) is 4.98 Å². The molecular weight excluding hydrogens is 201 g/mol. The van der Waals surface area contributed by atoms with E-state index in [9.17, 15) is 4.39 Å². The third-order valence-electron chi connectivity index (χ3n) is 1.66. The Hall–Kier alpha value is -1.29. The Morgan fingerprint density at radius 3 is 3.07 bits per heavy atom. The second kappa shape index (κ2) is 4.28. The molecule has 0 aliphatic heterocycles. The molecule has 2 nitrogen and oxygen atoms in total. The van der Waals surface area contributed by atoms with E-state index >= 15 is 0 Å². The third kappa shape index (κ3) is 2.35. The topological polar surface area (TPSA) is 26.0 Å². The second-order valence-corrected chi connectivity index (χ2v) is 3.73. The molecule has 4 heteroatoms. The van der Waals surface area contributed by atoms with Gasteiger partial charge in [0.05, 0.1) is 12.0 Å². The highest BCUT2D eigenvalue weighted by Gasteiger charge is 1.99. The van der Waals surface area contributed by atoms with E-state index in [4.69, 9.17) is 4.42 Å². The monoisotopic (exact) mass is 209 g/mol. The lowest BCUT2D eigenvalue weighted by Gasteiger charge is -1.98. The van der Waals surface area contributed by atoms with Gasteiger partial charge in [0.2, 0.25) is 5.95 Å². The van der Waals surface area contributed by atoms with Gasteiger partial charge in [-0.1, -0.05) is 0 Å². The molecular formula is C10H8FNOS. The van der Waals surface area contributed by atoms with Crippen molar-refractivity contribution in [2.24, 2.45) is 0 Å². The molecule has 0 saturated heterocycles. The zero-order valence-corrected chi connectivity index (χ0v) is 8.13. The number of hydrogen-bond acceptors (Lipinski definition) is 3. The number of halogens is 1. The van der Waals surface area contributed by atoms with Crippen LogP contribution in [0.2, 0.25) is 0 Å². The molecule has 0 bridgehead atoms. The number of nitrogens with zero attached hydrogens (tertiary/aromatic N) is 1. The van der Waals surface area contributed by atoms with Crippen molar-refractivity contribution in [2.45, 2.75) is 10.6 Å². The maximum absolute atomic E-state index is 12.7. The van der Waals surface area contributed by atoms with Gasteiger partial charge in [0.1, 0.15) is 5.76 Å². The summed E-state index contributed by atoms with van der Waals surface area (Å²) in [6.45, 7) is 0. The van der Waals surface area contributed by atoms with E-state index in [1.54, 1.807) is 12.3 Å². The van der Waals surface area contributed by atoms with Crippen LogP contribution in [0, 0.1) is 5.95 Å². The lowest BCUT2D eigenvalue weighted by molar-refractivity contribution is 0.530. The van der Waals surface area contributed by atoms with Gasteiger partial charge in [-0.15, -0.1) is 11.8 Å². The van der Waals surface area contributed by atoms with Crippen molar-refractivity contribution in [1.29, 1.82) is 0 Å². The minimum atomic E-state index is -0.450. The quantitative estimate of drug-likeness (QED) is 0.574. The van der Waals surface area contributed by atoms with Gasteiger partial charge in [-0.3, -0.25) is 0 Å². The van der Waals surface area contributed by atoms with Gasteiger partial charge >= 0.3 is 0 Å². The van der Waals surface area contributed by atoms with E-state index in [0.717, 1.165) is 10.7 Å². The third-order valence-corrected chi connectivity index (χ3v) is 2.68. The Bertz CT molecular complexity index is 402. The summed E-state index contributed by atoms with van der Waals surface area (Å²) in [7, 11) is 0. The van der Waals surface area contributed by atoms with E-state index in [1.165, 1.54) is 24.0 Å². The second-order valence-electron chi connectivity index (χ2n) is 2.68. The van der Waals surface area contributed by atoms with Crippen LogP contribution in [0.5, 0.6) is 0 Å². The molecule has 2 aromatic rings. The van der Waals surface area contributed by atoms with Gasteiger partial charge in [-0.25, -0.2) is 4.98 Å². The first-order valence-corrected chi connectivity index (χ1v) is 5.10. The van der Waals surface area contributed by atoms with Gasteiger partial charge in [0.15, 0.2) is 0 Å². The molecule has 0 aliphatic carbocycles. The van der Waals surface area contributed by atoms with Crippen molar-refractivity contribution in [3.8, 4) is 0 Å². The van der Waals surface area contributed by atoms with Crippen LogP contribution in [0.25, 0.3) is 0 Å². The average molecular weight is 209 g/mol. The Morgan fingerprint density at radius 2 is 2.36 bits per heavy atom. The van der Waals surface area contributed by atoms with Crippen molar-refractivity contribution in [3.05, 3.63) is 48.4 Å². The molecule has 2 aromatic heterocycles. The van der Waals surface area contributed by atoms with Crippen LogP contribution in [0.4, 0.5) is 4.39 Å². The number of pyridine rings is 1. The summed E-state index contributed by atoms with van der Waals surface area (Å²) in [6.07, 6.45) is 3.09. The molecule has 0 N–H and O–H groups in total. The standard InChI is InChI=1S/C10H8FNOS/c11-10-6-9(3-4-12-10)14-7-8-2-1-5-13-8/h1-6H,7H2. The number of hydrogen-bond donors (Lipinski definition) is 0. The lowest BCUT2D eigenvalue weighted by Crippen LogP contribution is -1.82. The molecule has 0 atom stereocenters. The Labute approximate surface area is 85.2 Å². The van der Waals surface area contributed by atoms with Crippen LogP contribution >= 0.6 is 11.8 Å². The normalized spacial score (nSPS) is 10.4. The fourth-order valence-corrected chi connectivity index (χ4v) is 1.83. The molecule has 0 amide bonds. The summed E-state index contributed by atoms with van der Waals surface area (Å²) in [5.41, 5.74) is 0. The summed E-state index contributed by atoms with van der Waals surface area (Å²) in [6, 6.07) is 6.91. The molecule has 14 heavy (non-hydrogen) atoms. The molecule has 0 spiro atoms. The minimum absolute atomic E-state index is 0.450. The van der Waals surface area contributed by atoms with Crippen molar-refractivity contribution >= 4 is 11.8 Å². The molecule has 0 radical (unpaired) electrons. The van der Waals surface area contributed by atoms with E-state index in [2.05, 4.69) is 4.98 Å². The van der Waals surface area contributed by atoms with Gasteiger partial charge in [-0.05, 0) is 18.2 Å². The van der Waals surface area contributed by atoms with Crippen LogP contribution < -0.4 is 0 Å². The highest BCUT2D eigenvalue weighted by molar-refractivity contribution is 7.98. The highest BCUT2D eigenvalue weighted by Crippen LogP contribution is 2.22. The first-order valence-electron chi connectivity index (χ1n) is 4.11. The Balaban J connectivity index is 1.98. The summed E-state index contributed by atoms with van der Waals surface area (Å²) in [4.78, 5) is 4.34. The number of rotatable bonds is 3. The van der Waals surface area contributed by atoms with Crippen molar-refractivity contribution < 1.29 is 8.81 Å². The van der Waals surface area contributed by atoms with Crippen LogP contribution in [0.1, 0.15) is 5.76 Å². The molecule has 0 aliphatic rings. The summed E-state index contributed by atoms with van der Waals surface area (Å²) in [5, 5.41) is 0. The zero-order chi connectivity index (χ0) is 9.80. The van der Waals surface area contributed by atoms with Gasteiger partial charge in [0.25, 0.3) is 0 Å². The molecule has 0 unspecified atom stereocenters. The number of aromatic nitrogens is 1. The summed E-state index contributed by atoms with van der Waals surface area (Å²) >= 11 is 1.52. The number of furan rings is 1. The lowest BCUT2D eigenvalue weighted by atomic mass is 10.5. The van der Waals surface area contributed by atoms with Crippen LogP contribution in [0.15, 0.2) is 46.0 Å². The fourth-order valence-electron chi connectivity index (χ4n) is 1.02. The van der Waals surface area contributed by atoms with E-state index in [0.29, 0.717) is 5.75 Å². The van der Waals surface area contributed by atoms with Crippen LogP contribution in [0.3, 0.4) is 0 Å². The van der Waals surface area contributed by atoms with E-state index < -0.39 is 5.95 Å². The van der Waals surface area contributed by atoms with Crippen molar-refractivity contribution in [2.75, 3.05) is 0 Å². The molecule has 0 saturated carbocycles. The van der Waals surface area contributed by atoms with Crippen molar-refractivity contribution in [1.82, 2.24) is 4.98 Å². The van der Waals surface area contributed by atoms with Gasteiger partial charge in [0, 0.05) is 17.2 Å². The average Bonchev–Trinajstić information content (AvgIpc) is 2.67. The van der Waals surface area contributed by atoms with Crippen LogP contribution in [-0.2, 0) is 5.75 Å². The molecule has 72 valence electrons. The first-order chi connectivity index (χ1) is 6.84. The largest absolute Gasteiger partial charge is 0.468 e. The van der Waals surface area contributed by atoms with E-state index in [-0.39, 0.29) is 0 Å². The predicted molar refractivity (Wildman–Crippen MR) is 52.5 cm³/mol. The molecule has 0 fully saturated rings. The van der Waals surface area contributed by atoms with E-state index in [1.807, 2.05) is 12.1 Å². The smallest absolute Gasteiger partial charge is 0.213 e. The molecule has 2 heterocycles. The summed E-state index contributed by atoms with van der Waals surface area (Å²) < 4.78 is 17.8. The maximum atomic E-state index is 12.7. The highest BCUT2D eigenvalue weighted by atomic mass is 32.2. The first kappa shape index (κ1) is 9.27. The van der Waals surface area contributed by atoms with Gasteiger partial charge in [-0.2, -0.15) is 4.39 Å². The van der Waals surface area contributed by atoms with Gasteiger partial charge < -0.3 is 4.42 Å². The fraction of sp³-hybridized carbons (Fsp3) is 0.100. The SMILES string of the molecule is Fc1cc(SCc2ccco2)ccn1. The summed E-state index contributed by atoms with van der Waals surface area (Å²) in [5.74, 6) is 1.14. The maximum Gasteiger partial charge on any atom is 0.213 e. The predicted octanol–water partition coefficient (Wildman–Crippen LogP) is 3.11. The minimum Gasteiger partial charge on any atom is -0.468 e. The Kier molecular flexibility index (Phi) is 2.84. The molecule has 0 aromatic carbocycles. The van der Waals surface area contributed by atoms with Crippen molar-refractivity contribution in [3.63, 3.8) is 0 Å². The number of thioether (sulfide) groups is 1. The zero-order valence-electron chi connectivity index (χ0n) is 7.31. The molecule has 2 rings (SSSR count).